The van der Waals surface area contributed by atoms with Crippen LogP contribution in [0.5, 0.6) is 0 Å². The van der Waals surface area contributed by atoms with E-state index in [1.807, 2.05) is 28.8 Å². The third kappa shape index (κ3) is 5.05. The highest BCUT2D eigenvalue weighted by Crippen LogP contribution is 2.42. The Morgan fingerprint density at radius 1 is 0.676 bits per heavy atom. The van der Waals surface area contributed by atoms with Crippen molar-refractivity contribution in [3.05, 3.63) is 63.2 Å². The highest BCUT2D eigenvalue weighted by molar-refractivity contribution is 5.77. The van der Waals surface area contributed by atoms with Crippen LogP contribution >= 0.6 is 0 Å². The summed E-state index contributed by atoms with van der Waals surface area (Å²) < 4.78 is 2.03. The molecule has 2 unspecified atom stereocenters. The second-order valence-electron chi connectivity index (χ2n) is 11.6. The molecule has 196 valence electrons. The summed E-state index contributed by atoms with van der Waals surface area (Å²) in [4.78, 5) is 36.5. The number of aromatic amines is 1. The number of nitrogens with zero attached hydrogens (tertiary/aromatic N) is 3. The minimum atomic E-state index is -0.216. The summed E-state index contributed by atoms with van der Waals surface area (Å²) in [6.45, 7) is 0. The summed E-state index contributed by atoms with van der Waals surface area (Å²) in [5.41, 5.74) is 2.25. The summed E-state index contributed by atoms with van der Waals surface area (Å²) in [5, 5.41) is 0. The summed E-state index contributed by atoms with van der Waals surface area (Å²) in [6.07, 6.45) is 18.2. The molecule has 3 aliphatic rings. The Morgan fingerprint density at radius 2 is 1.32 bits per heavy atom. The van der Waals surface area contributed by atoms with Crippen LogP contribution in [-0.4, -0.2) is 37.6 Å². The van der Waals surface area contributed by atoms with E-state index >= 15 is 0 Å². The molecule has 4 heterocycles. The molecule has 0 radical (unpaired) electrons. The Morgan fingerprint density at radius 3 is 2.03 bits per heavy atom. The van der Waals surface area contributed by atoms with Crippen molar-refractivity contribution in [3.8, 4) is 11.4 Å². The minimum absolute atomic E-state index is 0.0873. The molecule has 37 heavy (non-hydrogen) atoms. The molecule has 6 heteroatoms. The maximum absolute atomic E-state index is 14.0. The molecule has 2 atom stereocenters. The molecule has 3 fully saturated rings. The lowest BCUT2D eigenvalue weighted by Gasteiger charge is -2.53. The van der Waals surface area contributed by atoms with E-state index in [0.29, 0.717) is 29.5 Å². The van der Waals surface area contributed by atoms with Crippen LogP contribution in [0.3, 0.4) is 0 Å². The zero-order valence-electron chi connectivity index (χ0n) is 21.9. The van der Waals surface area contributed by atoms with E-state index in [4.69, 9.17) is 4.98 Å². The maximum Gasteiger partial charge on any atom is 0.279 e. The molecule has 1 N–H and O–H groups in total. The number of nitrogens with one attached hydrogen (secondary N) is 1. The van der Waals surface area contributed by atoms with E-state index in [2.05, 4.69) is 9.88 Å². The molecule has 1 saturated carbocycles. The van der Waals surface area contributed by atoms with Crippen molar-refractivity contribution in [1.29, 1.82) is 0 Å². The van der Waals surface area contributed by atoms with Gasteiger partial charge in [-0.05, 0) is 56.7 Å². The molecular formula is C31H40N4O2. The Hall–Kier alpha value is -2.73. The average molecular weight is 501 g/mol. The van der Waals surface area contributed by atoms with Crippen LogP contribution < -0.4 is 11.1 Å². The van der Waals surface area contributed by atoms with E-state index in [9.17, 15) is 9.59 Å². The van der Waals surface area contributed by atoms with Crippen LogP contribution in [0, 0.1) is 0 Å². The summed E-state index contributed by atoms with van der Waals surface area (Å²) in [6, 6.07) is 14.9. The monoisotopic (exact) mass is 500 g/mol. The Kier molecular flexibility index (Phi) is 7.27. The lowest BCUT2D eigenvalue weighted by molar-refractivity contribution is -0.0239. The first-order valence-corrected chi connectivity index (χ1v) is 14.7. The third-order valence-corrected chi connectivity index (χ3v) is 9.19. The van der Waals surface area contributed by atoms with Gasteiger partial charge in [-0.2, -0.15) is 0 Å². The van der Waals surface area contributed by atoms with Crippen molar-refractivity contribution in [2.45, 2.75) is 114 Å². The standard InChI is InChI=1S/C31H40N4O2/c36-29-19-11-17-27(32-29)30-31(37)35(28-18-9-8-16-26(28)33-30)25-20-23-14-10-15-24(21-25)34(23)22-12-6-4-2-1-3-5-7-13-22/h8-9,11,16-19,22-25H,1-7,10,12-15,20-21H2,(H,32,36). The van der Waals surface area contributed by atoms with E-state index in [-0.39, 0.29) is 17.2 Å². The number of para-hydroxylation sites is 2. The number of hydrogen-bond acceptors (Lipinski definition) is 4. The second-order valence-corrected chi connectivity index (χ2v) is 11.6. The number of piperidine rings is 2. The third-order valence-electron chi connectivity index (χ3n) is 9.19. The lowest BCUT2D eigenvalue weighted by Crippen LogP contribution is -2.57. The fraction of sp³-hybridized carbons (Fsp3) is 0.581. The molecule has 0 spiro atoms. The van der Waals surface area contributed by atoms with Gasteiger partial charge in [0.05, 0.1) is 16.7 Å². The number of pyridine rings is 1. The molecule has 2 saturated heterocycles. The van der Waals surface area contributed by atoms with E-state index in [1.54, 1.807) is 12.1 Å². The zero-order valence-corrected chi connectivity index (χ0v) is 21.9. The van der Waals surface area contributed by atoms with Gasteiger partial charge in [0, 0.05) is 30.2 Å². The van der Waals surface area contributed by atoms with Gasteiger partial charge in [0.1, 0.15) is 0 Å². The van der Waals surface area contributed by atoms with Gasteiger partial charge in [-0.3, -0.25) is 14.5 Å². The molecule has 6 nitrogen and oxygen atoms in total. The number of H-pyrrole nitrogens is 1. The van der Waals surface area contributed by atoms with Gasteiger partial charge in [0.25, 0.3) is 5.56 Å². The second kappa shape index (κ2) is 10.9. The van der Waals surface area contributed by atoms with E-state index in [0.717, 1.165) is 23.9 Å². The Balaban J connectivity index is 1.35. The normalized spacial score (nSPS) is 26.2. The van der Waals surface area contributed by atoms with Crippen molar-refractivity contribution in [2.75, 3.05) is 0 Å². The highest BCUT2D eigenvalue weighted by Gasteiger charge is 2.42. The largest absolute Gasteiger partial charge is 0.320 e. The average Bonchev–Trinajstić information content (AvgIpc) is 2.90. The van der Waals surface area contributed by atoms with Crippen LogP contribution in [0.15, 0.2) is 52.1 Å². The first-order valence-electron chi connectivity index (χ1n) is 14.7. The smallest absolute Gasteiger partial charge is 0.279 e. The predicted molar refractivity (Wildman–Crippen MR) is 149 cm³/mol. The number of hydrogen-bond donors (Lipinski definition) is 1. The van der Waals surface area contributed by atoms with Crippen molar-refractivity contribution in [3.63, 3.8) is 0 Å². The van der Waals surface area contributed by atoms with Gasteiger partial charge in [-0.1, -0.05) is 69.6 Å². The molecular weight excluding hydrogens is 460 g/mol. The molecule has 6 rings (SSSR count). The van der Waals surface area contributed by atoms with Crippen molar-refractivity contribution < 1.29 is 0 Å². The highest BCUT2D eigenvalue weighted by atomic mass is 16.1. The Labute approximate surface area is 219 Å². The summed E-state index contributed by atoms with van der Waals surface area (Å²) in [7, 11) is 0. The zero-order chi connectivity index (χ0) is 25.2. The predicted octanol–water partition coefficient (Wildman–Crippen LogP) is 6.20. The van der Waals surface area contributed by atoms with Crippen molar-refractivity contribution in [2.24, 2.45) is 0 Å². The van der Waals surface area contributed by atoms with Crippen LogP contribution in [0.4, 0.5) is 0 Å². The number of rotatable bonds is 3. The lowest BCUT2D eigenvalue weighted by atomic mass is 9.79. The van der Waals surface area contributed by atoms with E-state index < -0.39 is 0 Å². The van der Waals surface area contributed by atoms with Crippen LogP contribution in [-0.2, 0) is 0 Å². The first-order chi connectivity index (χ1) is 18.2. The van der Waals surface area contributed by atoms with Crippen LogP contribution in [0.25, 0.3) is 22.4 Å². The molecule has 2 aliphatic heterocycles. The van der Waals surface area contributed by atoms with Gasteiger partial charge in [0.15, 0.2) is 5.69 Å². The SMILES string of the molecule is O=c1cccc(-c2nc3ccccc3n(C3CC4CCCC(C3)N4C3CCCCCCCCC3)c2=O)[nH]1. The Bertz CT molecular complexity index is 1320. The van der Waals surface area contributed by atoms with Crippen LogP contribution in [0.2, 0.25) is 0 Å². The van der Waals surface area contributed by atoms with E-state index in [1.165, 1.54) is 83.1 Å². The van der Waals surface area contributed by atoms with Gasteiger partial charge in [0.2, 0.25) is 5.56 Å². The van der Waals surface area contributed by atoms with Crippen molar-refractivity contribution in [1.82, 2.24) is 19.4 Å². The number of aromatic nitrogens is 3. The van der Waals surface area contributed by atoms with Gasteiger partial charge in [-0.15, -0.1) is 0 Å². The summed E-state index contributed by atoms with van der Waals surface area (Å²) >= 11 is 0. The van der Waals surface area contributed by atoms with Gasteiger partial charge < -0.3 is 9.55 Å². The molecule has 2 aromatic heterocycles. The fourth-order valence-electron chi connectivity index (χ4n) is 7.56. The van der Waals surface area contributed by atoms with Gasteiger partial charge >= 0.3 is 0 Å². The molecule has 1 aliphatic carbocycles. The molecule has 3 aromatic rings. The molecule has 2 bridgehead atoms. The summed E-state index contributed by atoms with van der Waals surface area (Å²) in [5.74, 6) is 0. The quantitative estimate of drug-likeness (QED) is 0.465. The van der Waals surface area contributed by atoms with Crippen LogP contribution in [0.1, 0.15) is 95.9 Å². The topological polar surface area (TPSA) is 71.0 Å². The fourth-order valence-corrected chi connectivity index (χ4v) is 7.56. The number of fused-ring (bicyclic) bond motifs is 3. The molecule has 0 amide bonds. The van der Waals surface area contributed by atoms with Crippen molar-refractivity contribution >= 4 is 11.0 Å². The first kappa shape index (κ1) is 24.6. The number of benzene rings is 1. The minimum Gasteiger partial charge on any atom is -0.320 e. The molecule has 1 aromatic carbocycles. The van der Waals surface area contributed by atoms with Gasteiger partial charge in [-0.25, -0.2) is 4.98 Å². The maximum atomic E-state index is 14.0.